The molecule has 0 radical (unpaired) electrons. The maximum atomic E-state index is 11.9. The van der Waals surface area contributed by atoms with E-state index in [4.69, 9.17) is 0 Å². The quantitative estimate of drug-likeness (QED) is 0.771. The minimum atomic E-state index is -0.154. The summed E-state index contributed by atoms with van der Waals surface area (Å²) in [6.45, 7) is 3.16. The van der Waals surface area contributed by atoms with Crippen LogP contribution in [0.5, 0.6) is 0 Å². The summed E-state index contributed by atoms with van der Waals surface area (Å²) >= 11 is 0. The number of carbonyl (C=O) groups is 2. The van der Waals surface area contributed by atoms with Gasteiger partial charge >= 0.3 is 0 Å². The van der Waals surface area contributed by atoms with Crippen LogP contribution in [-0.4, -0.2) is 11.6 Å². The summed E-state index contributed by atoms with van der Waals surface area (Å²) in [6, 6.07) is 17.3. The highest BCUT2D eigenvalue weighted by Crippen LogP contribution is 2.22. The molecule has 2 heteroatoms. The molecule has 0 fully saturated rings. The summed E-state index contributed by atoms with van der Waals surface area (Å²) in [5, 5.41) is 0. The first kappa shape index (κ1) is 14.2. The second kappa shape index (κ2) is 6.29. The van der Waals surface area contributed by atoms with Gasteiger partial charge in [-0.1, -0.05) is 54.6 Å². The number of hydrogen-bond donors (Lipinski definition) is 0. The van der Waals surface area contributed by atoms with Crippen LogP contribution in [0, 0.1) is 0 Å². The van der Waals surface area contributed by atoms with E-state index in [9.17, 15) is 9.59 Å². The number of Topliss-reactive ketones (excluding diaryl/α,β-unsaturated/α-hetero) is 2. The van der Waals surface area contributed by atoms with Gasteiger partial charge in [0.25, 0.3) is 0 Å². The van der Waals surface area contributed by atoms with Gasteiger partial charge in [0.1, 0.15) is 5.78 Å². The van der Waals surface area contributed by atoms with E-state index in [1.807, 2.05) is 42.5 Å². The Bertz CT molecular complexity index is 597. The molecule has 0 aromatic heterocycles. The molecule has 20 heavy (non-hydrogen) atoms. The average molecular weight is 266 g/mol. The SMILES string of the molecule is CC(=O)c1ccc(C(Cc2ccccc2)C(C)=O)cc1. The lowest BCUT2D eigenvalue weighted by Crippen LogP contribution is -2.12. The zero-order valence-corrected chi connectivity index (χ0v) is 11.8. The van der Waals surface area contributed by atoms with Crippen LogP contribution in [-0.2, 0) is 11.2 Å². The van der Waals surface area contributed by atoms with E-state index in [-0.39, 0.29) is 17.5 Å². The molecule has 0 saturated heterocycles. The predicted octanol–water partition coefficient (Wildman–Crippen LogP) is 3.80. The molecule has 102 valence electrons. The molecule has 0 aliphatic carbocycles. The average Bonchev–Trinajstić information content (AvgIpc) is 2.45. The monoisotopic (exact) mass is 266 g/mol. The number of hydrogen-bond acceptors (Lipinski definition) is 2. The summed E-state index contributed by atoms with van der Waals surface area (Å²) in [5.74, 6) is 0.0295. The number of ketones is 2. The van der Waals surface area contributed by atoms with Crippen LogP contribution < -0.4 is 0 Å². The minimum absolute atomic E-state index is 0.0407. The van der Waals surface area contributed by atoms with E-state index in [2.05, 4.69) is 0 Å². The Hall–Kier alpha value is -2.22. The fraction of sp³-hybridized carbons (Fsp3) is 0.222. The third-order valence-electron chi connectivity index (χ3n) is 3.49. The molecular formula is C18H18O2. The Labute approximate surface area is 119 Å². The first-order valence-electron chi connectivity index (χ1n) is 6.73. The van der Waals surface area contributed by atoms with E-state index >= 15 is 0 Å². The zero-order valence-electron chi connectivity index (χ0n) is 11.8. The first-order chi connectivity index (χ1) is 9.58. The Kier molecular flexibility index (Phi) is 4.46. The lowest BCUT2D eigenvalue weighted by molar-refractivity contribution is -0.118. The van der Waals surface area contributed by atoms with Gasteiger partial charge in [-0.2, -0.15) is 0 Å². The van der Waals surface area contributed by atoms with Gasteiger partial charge in [0.05, 0.1) is 0 Å². The fourth-order valence-corrected chi connectivity index (χ4v) is 2.30. The highest BCUT2D eigenvalue weighted by atomic mass is 16.1. The Morgan fingerprint density at radius 2 is 1.50 bits per heavy atom. The molecule has 1 unspecified atom stereocenters. The number of carbonyl (C=O) groups excluding carboxylic acids is 2. The lowest BCUT2D eigenvalue weighted by Gasteiger charge is -2.14. The largest absolute Gasteiger partial charge is 0.299 e. The molecule has 2 rings (SSSR count). The van der Waals surface area contributed by atoms with E-state index in [0.717, 1.165) is 11.1 Å². The normalized spacial score (nSPS) is 11.9. The molecule has 0 heterocycles. The van der Waals surface area contributed by atoms with Crippen LogP contribution in [0.3, 0.4) is 0 Å². The minimum Gasteiger partial charge on any atom is -0.299 e. The van der Waals surface area contributed by atoms with Crippen molar-refractivity contribution in [1.82, 2.24) is 0 Å². The van der Waals surface area contributed by atoms with Crippen LogP contribution in [0.25, 0.3) is 0 Å². The van der Waals surface area contributed by atoms with Gasteiger partial charge in [0.15, 0.2) is 5.78 Å². The molecule has 0 aliphatic rings. The van der Waals surface area contributed by atoms with Crippen LogP contribution in [0.4, 0.5) is 0 Å². The molecule has 0 bridgehead atoms. The molecule has 2 nitrogen and oxygen atoms in total. The standard InChI is InChI=1S/C18H18O2/c1-13(19)16-8-10-17(11-9-16)18(14(2)20)12-15-6-4-3-5-7-15/h3-11,18H,12H2,1-2H3. The van der Waals surface area contributed by atoms with E-state index in [1.165, 1.54) is 0 Å². The summed E-state index contributed by atoms with van der Waals surface area (Å²) < 4.78 is 0. The number of benzene rings is 2. The van der Waals surface area contributed by atoms with E-state index in [1.54, 1.807) is 26.0 Å². The van der Waals surface area contributed by atoms with Crippen LogP contribution in [0.15, 0.2) is 54.6 Å². The second-order valence-corrected chi connectivity index (χ2v) is 5.03. The molecular weight excluding hydrogens is 248 g/mol. The molecule has 0 saturated carbocycles. The van der Waals surface area contributed by atoms with Crippen molar-refractivity contribution in [2.24, 2.45) is 0 Å². The van der Waals surface area contributed by atoms with Gasteiger partial charge in [-0.3, -0.25) is 9.59 Å². The van der Waals surface area contributed by atoms with Crippen molar-refractivity contribution in [1.29, 1.82) is 0 Å². The van der Waals surface area contributed by atoms with Gasteiger partial charge in [0, 0.05) is 11.5 Å². The summed E-state index contributed by atoms with van der Waals surface area (Å²) in [7, 11) is 0. The first-order valence-corrected chi connectivity index (χ1v) is 6.73. The predicted molar refractivity (Wildman–Crippen MR) is 80.0 cm³/mol. The molecule has 0 spiro atoms. The molecule has 1 atom stereocenters. The molecule has 0 N–H and O–H groups in total. The van der Waals surface area contributed by atoms with Crippen LogP contribution >= 0.6 is 0 Å². The smallest absolute Gasteiger partial charge is 0.159 e. The number of rotatable bonds is 5. The second-order valence-electron chi connectivity index (χ2n) is 5.03. The van der Waals surface area contributed by atoms with Gasteiger partial charge in [-0.15, -0.1) is 0 Å². The van der Waals surface area contributed by atoms with Crippen molar-refractivity contribution in [3.05, 3.63) is 71.3 Å². The summed E-state index contributed by atoms with van der Waals surface area (Å²) in [4.78, 5) is 23.2. The third-order valence-corrected chi connectivity index (χ3v) is 3.49. The Morgan fingerprint density at radius 3 is 2.00 bits per heavy atom. The maximum Gasteiger partial charge on any atom is 0.159 e. The maximum absolute atomic E-state index is 11.9. The van der Waals surface area contributed by atoms with Crippen molar-refractivity contribution >= 4 is 11.6 Å². The highest BCUT2D eigenvalue weighted by Gasteiger charge is 2.17. The van der Waals surface area contributed by atoms with Crippen molar-refractivity contribution in [2.45, 2.75) is 26.2 Å². The van der Waals surface area contributed by atoms with Crippen LogP contribution in [0.2, 0.25) is 0 Å². The van der Waals surface area contributed by atoms with Crippen LogP contribution in [0.1, 0.15) is 41.3 Å². The lowest BCUT2D eigenvalue weighted by atomic mass is 9.88. The van der Waals surface area contributed by atoms with Crippen molar-refractivity contribution < 1.29 is 9.59 Å². The van der Waals surface area contributed by atoms with Gasteiger partial charge in [-0.25, -0.2) is 0 Å². The van der Waals surface area contributed by atoms with Gasteiger partial charge in [0.2, 0.25) is 0 Å². The molecule has 2 aromatic carbocycles. The van der Waals surface area contributed by atoms with Gasteiger partial charge in [-0.05, 0) is 31.4 Å². The highest BCUT2D eigenvalue weighted by molar-refractivity contribution is 5.94. The van der Waals surface area contributed by atoms with Crippen molar-refractivity contribution in [2.75, 3.05) is 0 Å². The summed E-state index contributed by atoms with van der Waals surface area (Å²) in [6.07, 6.45) is 0.690. The van der Waals surface area contributed by atoms with Gasteiger partial charge < -0.3 is 0 Å². The molecule has 0 amide bonds. The zero-order chi connectivity index (χ0) is 14.5. The third kappa shape index (κ3) is 3.41. The Balaban J connectivity index is 2.25. The summed E-state index contributed by atoms with van der Waals surface area (Å²) in [5.41, 5.74) is 2.78. The molecule has 2 aromatic rings. The van der Waals surface area contributed by atoms with E-state index in [0.29, 0.717) is 12.0 Å². The van der Waals surface area contributed by atoms with Crippen molar-refractivity contribution in [3.8, 4) is 0 Å². The molecule has 0 aliphatic heterocycles. The van der Waals surface area contributed by atoms with Crippen molar-refractivity contribution in [3.63, 3.8) is 0 Å². The Morgan fingerprint density at radius 1 is 0.900 bits per heavy atom. The fourth-order valence-electron chi connectivity index (χ4n) is 2.30. The topological polar surface area (TPSA) is 34.1 Å². The van der Waals surface area contributed by atoms with E-state index < -0.39 is 0 Å².